The summed E-state index contributed by atoms with van der Waals surface area (Å²) in [5, 5.41) is 13.6. The molecule has 1 aromatic heterocycles. The number of aryl methyl sites for hydroxylation is 1. The van der Waals surface area contributed by atoms with Crippen molar-refractivity contribution >= 4 is 17.0 Å². The fraction of sp³-hybridized carbons (Fsp3) is 0.182. The lowest BCUT2D eigenvalue weighted by atomic mass is 10.1. The standard InChI is InChI=1S/C11H10N2O2S/c1-8-7-16-11(12-8)6-9-3-2-4-10(5-9)13(14)15/h2-5,7H,6H2,1H3. The topological polar surface area (TPSA) is 56.0 Å². The molecule has 0 saturated heterocycles. The molecule has 1 heterocycles. The summed E-state index contributed by atoms with van der Waals surface area (Å²) in [4.78, 5) is 14.6. The van der Waals surface area contributed by atoms with Crippen LogP contribution < -0.4 is 0 Å². The predicted octanol–water partition coefficient (Wildman–Crippen LogP) is 2.95. The molecule has 82 valence electrons. The Morgan fingerprint density at radius 2 is 2.31 bits per heavy atom. The van der Waals surface area contributed by atoms with E-state index in [1.165, 1.54) is 6.07 Å². The van der Waals surface area contributed by atoms with Gasteiger partial charge in [0.25, 0.3) is 5.69 Å². The van der Waals surface area contributed by atoms with Crippen molar-refractivity contribution in [2.45, 2.75) is 13.3 Å². The lowest BCUT2D eigenvalue weighted by molar-refractivity contribution is -0.384. The smallest absolute Gasteiger partial charge is 0.258 e. The highest BCUT2D eigenvalue weighted by atomic mass is 32.1. The van der Waals surface area contributed by atoms with Crippen LogP contribution in [0.25, 0.3) is 0 Å². The number of benzene rings is 1. The maximum Gasteiger partial charge on any atom is 0.269 e. The van der Waals surface area contributed by atoms with Crippen LogP contribution in [-0.2, 0) is 6.42 Å². The van der Waals surface area contributed by atoms with Crippen LogP contribution in [0.1, 0.15) is 16.3 Å². The Bertz CT molecular complexity index is 522. The van der Waals surface area contributed by atoms with E-state index in [1.807, 2.05) is 18.4 Å². The number of non-ortho nitro benzene ring substituents is 1. The molecule has 0 radical (unpaired) electrons. The van der Waals surface area contributed by atoms with Crippen molar-refractivity contribution in [2.24, 2.45) is 0 Å². The molecule has 0 N–H and O–H groups in total. The van der Waals surface area contributed by atoms with Crippen LogP contribution >= 0.6 is 11.3 Å². The molecule has 1 aromatic carbocycles. The van der Waals surface area contributed by atoms with Crippen LogP contribution in [-0.4, -0.2) is 9.91 Å². The summed E-state index contributed by atoms with van der Waals surface area (Å²) in [5.41, 5.74) is 2.04. The first-order valence-corrected chi connectivity index (χ1v) is 5.67. The number of nitro benzene ring substituents is 1. The average molecular weight is 234 g/mol. The van der Waals surface area contributed by atoms with Crippen molar-refractivity contribution in [2.75, 3.05) is 0 Å². The van der Waals surface area contributed by atoms with E-state index in [1.54, 1.807) is 23.5 Å². The highest BCUT2D eigenvalue weighted by Crippen LogP contribution is 2.18. The molecule has 0 unspecified atom stereocenters. The Labute approximate surface area is 96.7 Å². The summed E-state index contributed by atoms with van der Waals surface area (Å²) >= 11 is 1.58. The number of aromatic nitrogens is 1. The summed E-state index contributed by atoms with van der Waals surface area (Å²) in [7, 11) is 0. The second-order valence-corrected chi connectivity index (χ2v) is 4.43. The monoisotopic (exact) mass is 234 g/mol. The Hall–Kier alpha value is -1.75. The average Bonchev–Trinajstić information content (AvgIpc) is 2.64. The van der Waals surface area contributed by atoms with Crippen LogP contribution in [0, 0.1) is 17.0 Å². The highest BCUT2D eigenvalue weighted by Gasteiger charge is 2.07. The van der Waals surface area contributed by atoms with E-state index in [0.29, 0.717) is 6.42 Å². The van der Waals surface area contributed by atoms with E-state index in [-0.39, 0.29) is 10.6 Å². The van der Waals surface area contributed by atoms with Crippen molar-refractivity contribution in [1.82, 2.24) is 4.98 Å². The number of hydrogen-bond acceptors (Lipinski definition) is 4. The third kappa shape index (κ3) is 2.43. The minimum absolute atomic E-state index is 0.130. The Kier molecular flexibility index (Phi) is 2.96. The lowest BCUT2D eigenvalue weighted by Gasteiger charge is -1.97. The number of nitro groups is 1. The van der Waals surface area contributed by atoms with E-state index in [4.69, 9.17) is 0 Å². The molecule has 0 aliphatic heterocycles. The minimum atomic E-state index is -0.378. The first-order chi connectivity index (χ1) is 7.65. The van der Waals surface area contributed by atoms with Gasteiger partial charge in [0.2, 0.25) is 0 Å². The maximum atomic E-state index is 10.6. The van der Waals surface area contributed by atoms with Crippen LogP contribution in [0.2, 0.25) is 0 Å². The first kappa shape index (κ1) is 10.8. The summed E-state index contributed by atoms with van der Waals surface area (Å²) in [6.07, 6.45) is 0.653. The van der Waals surface area contributed by atoms with Gasteiger partial charge in [-0.05, 0) is 12.5 Å². The molecule has 0 aliphatic carbocycles. The zero-order valence-corrected chi connectivity index (χ0v) is 9.53. The molecule has 2 aromatic rings. The predicted molar refractivity (Wildman–Crippen MR) is 62.8 cm³/mol. The number of rotatable bonds is 3. The van der Waals surface area contributed by atoms with E-state index in [9.17, 15) is 10.1 Å². The number of thiazole rings is 1. The molecule has 0 spiro atoms. The highest BCUT2D eigenvalue weighted by molar-refractivity contribution is 7.09. The van der Waals surface area contributed by atoms with Crippen molar-refractivity contribution in [3.63, 3.8) is 0 Å². The summed E-state index contributed by atoms with van der Waals surface area (Å²) in [6, 6.07) is 6.67. The minimum Gasteiger partial charge on any atom is -0.258 e. The first-order valence-electron chi connectivity index (χ1n) is 4.79. The molecule has 0 atom stereocenters. The van der Waals surface area contributed by atoms with Crippen LogP contribution in [0.4, 0.5) is 5.69 Å². The molecule has 5 heteroatoms. The van der Waals surface area contributed by atoms with Crippen LogP contribution in [0.15, 0.2) is 29.6 Å². The van der Waals surface area contributed by atoms with Gasteiger partial charge in [-0.25, -0.2) is 4.98 Å². The fourth-order valence-corrected chi connectivity index (χ4v) is 2.24. The molecule has 4 nitrogen and oxygen atoms in total. The van der Waals surface area contributed by atoms with E-state index >= 15 is 0 Å². The number of hydrogen-bond donors (Lipinski definition) is 0. The molecular weight excluding hydrogens is 224 g/mol. The van der Waals surface area contributed by atoms with Gasteiger partial charge in [-0.3, -0.25) is 10.1 Å². The van der Waals surface area contributed by atoms with Gasteiger partial charge < -0.3 is 0 Å². The van der Waals surface area contributed by atoms with Gasteiger partial charge in [0.1, 0.15) is 0 Å². The van der Waals surface area contributed by atoms with E-state index in [2.05, 4.69) is 4.98 Å². The van der Waals surface area contributed by atoms with Crippen LogP contribution in [0.3, 0.4) is 0 Å². The van der Waals surface area contributed by atoms with Gasteiger partial charge in [-0.2, -0.15) is 0 Å². The quantitative estimate of drug-likeness (QED) is 0.606. The van der Waals surface area contributed by atoms with Gasteiger partial charge in [-0.1, -0.05) is 12.1 Å². The Balaban J connectivity index is 2.21. The lowest BCUT2D eigenvalue weighted by Crippen LogP contribution is -1.91. The van der Waals surface area contributed by atoms with Crippen molar-refractivity contribution in [1.29, 1.82) is 0 Å². The summed E-state index contributed by atoms with van der Waals surface area (Å²) < 4.78 is 0. The third-order valence-electron chi connectivity index (χ3n) is 2.14. The second kappa shape index (κ2) is 4.40. The van der Waals surface area contributed by atoms with Crippen molar-refractivity contribution in [3.8, 4) is 0 Å². The maximum absolute atomic E-state index is 10.6. The van der Waals surface area contributed by atoms with Crippen molar-refractivity contribution < 1.29 is 4.92 Å². The van der Waals surface area contributed by atoms with Gasteiger partial charge >= 0.3 is 0 Å². The van der Waals surface area contributed by atoms with Gasteiger partial charge in [0.05, 0.1) is 9.93 Å². The Morgan fingerprint density at radius 1 is 1.50 bits per heavy atom. The molecule has 2 rings (SSSR count). The zero-order valence-electron chi connectivity index (χ0n) is 8.71. The summed E-state index contributed by atoms with van der Waals surface area (Å²) in [5.74, 6) is 0. The molecule has 0 bridgehead atoms. The second-order valence-electron chi connectivity index (χ2n) is 3.49. The molecule has 0 amide bonds. The van der Waals surface area contributed by atoms with Gasteiger partial charge in [-0.15, -0.1) is 11.3 Å². The Morgan fingerprint density at radius 3 is 2.94 bits per heavy atom. The number of nitrogens with zero attached hydrogens (tertiary/aromatic N) is 2. The van der Waals surface area contributed by atoms with Gasteiger partial charge in [0.15, 0.2) is 0 Å². The van der Waals surface area contributed by atoms with Crippen LogP contribution in [0.5, 0.6) is 0 Å². The van der Waals surface area contributed by atoms with E-state index < -0.39 is 0 Å². The van der Waals surface area contributed by atoms with Gasteiger partial charge in [0, 0.05) is 29.6 Å². The fourth-order valence-electron chi connectivity index (χ4n) is 1.44. The third-order valence-corrected chi connectivity index (χ3v) is 3.11. The molecule has 0 saturated carbocycles. The zero-order chi connectivity index (χ0) is 11.5. The largest absolute Gasteiger partial charge is 0.269 e. The molecule has 0 fully saturated rings. The SMILES string of the molecule is Cc1csc(Cc2cccc([N+](=O)[O-])c2)n1. The molecule has 16 heavy (non-hydrogen) atoms. The summed E-state index contributed by atoms with van der Waals surface area (Å²) in [6.45, 7) is 1.94. The van der Waals surface area contributed by atoms with E-state index in [0.717, 1.165) is 16.3 Å². The van der Waals surface area contributed by atoms with Crippen molar-refractivity contribution in [3.05, 3.63) is 56.0 Å². The molecular formula is C11H10N2O2S. The molecule has 0 aliphatic rings. The normalized spacial score (nSPS) is 10.3.